The van der Waals surface area contributed by atoms with Crippen molar-refractivity contribution in [2.24, 2.45) is 0 Å². The van der Waals surface area contributed by atoms with Crippen LogP contribution in [0.5, 0.6) is 5.88 Å². The molecule has 6 heteroatoms. The van der Waals surface area contributed by atoms with Crippen molar-refractivity contribution in [1.82, 2.24) is 4.98 Å². The van der Waals surface area contributed by atoms with Crippen LogP contribution in [0.3, 0.4) is 0 Å². The first-order valence-corrected chi connectivity index (χ1v) is 7.65. The van der Waals surface area contributed by atoms with E-state index in [2.05, 4.69) is 4.98 Å². The van der Waals surface area contributed by atoms with Crippen LogP contribution in [0.4, 0.5) is 0 Å². The molecule has 0 aliphatic carbocycles. The lowest BCUT2D eigenvalue weighted by atomic mass is 10.0. The predicted molar refractivity (Wildman–Crippen MR) is 74.7 cm³/mol. The second-order valence-electron chi connectivity index (χ2n) is 4.20. The Morgan fingerprint density at radius 3 is 2.60 bits per heavy atom. The molecule has 104 valence electrons. The summed E-state index contributed by atoms with van der Waals surface area (Å²) < 4.78 is 28.2. The van der Waals surface area contributed by atoms with E-state index in [0.717, 1.165) is 6.26 Å². The molecule has 0 aliphatic heterocycles. The minimum absolute atomic E-state index is 0.197. The highest BCUT2D eigenvalue weighted by Gasteiger charge is 2.13. The topological polar surface area (TPSA) is 73.3 Å². The van der Waals surface area contributed by atoms with Crippen LogP contribution in [0.1, 0.15) is 10.4 Å². The van der Waals surface area contributed by atoms with Crippen molar-refractivity contribution in [3.8, 4) is 17.0 Å². The van der Waals surface area contributed by atoms with Gasteiger partial charge in [0.25, 0.3) is 0 Å². The number of hydrogen-bond acceptors (Lipinski definition) is 5. The smallest absolute Gasteiger partial charge is 0.224 e. The average Bonchev–Trinajstić information content (AvgIpc) is 2.45. The Kier molecular flexibility index (Phi) is 3.85. The van der Waals surface area contributed by atoms with E-state index in [4.69, 9.17) is 4.74 Å². The monoisotopic (exact) mass is 291 g/mol. The highest BCUT2D eigenvalue weighted by molar-refractivity contribution is 7.90. The van der Waals surface area contributed by atoms with E-state index in [1.54, 1.807) is 18.2 Å². The van der Waals surface area contributed by atoms with Crippen molar-refractivity contribution in [3.63, 3.8) is 0 Å². The summed E-state index contributed by atoms with van der Waals surface area (Å²) in [6, 6.07) is 8.05. The molecule has 5 nitrogen and oxygen atoms in total. The summed E-state index contributed by atoms with van der Waals surface area (Å²) >= 11 is 0. The summed E-state index contributed by atoms with van der Waals surface area (Å²) in [6.07, 6.45) is 3.29. The molecule has 2 aromatic rings. The zero-order valence-corrected chi connectivity index (χ0v) is 11.8. The molecule has 20 heavy (non-hydrogen) atoms. The van der Waals surface area contributed by atoms with Crippen LogP contribution in [-0.2, 0) is 9.84 Å². The minimum Gasteiger partial charge on any atom is -0.480 e. The van der Waals surface area contributed by atoms with Gasteiger partial charge in [0.2, 0.25) is 5.88 Å². The summed E-state index contributed by atoms with van der Waals surface area (Å²) in [7, 11) is -1.88. The molecule has 0 amide bonds. The molecule has 0 fully saturated rings. The van der Waals surface area contributed by atoms with E-state index in [1.807, 2.05) is 0 Å². The van der Waals surface area contributed by atoms with Gasteiger partial charge in [0.1, 0.15) is 0 Å². The molecule has 1 heterocycles. The van der Waals surface area contributed by atoms with Gasteiger partial charge in [-0.1, -0.05) is 12.1 Å². The van der Waals surface area contributed by atoms with E-state index in [1.165, 1.54) is 25.4 Å². The summed E-state index contributed by atoms with van der Waals surface area (Å²) in [5.74, 6) is 0.210. The minimum atomic E-state index is -3.30. The molecule has 2 rings (SSSR count). The summed E-state index contributed by atoms with van der Waals surface area (Å²) in [4.78, 5) is 15.4. The summed E-state index contributed by atoms with van der Waals surface area (Å²) in [6.45, 7) is 0. The van der Waals surface area contributed by atoms with Gasteiger partial charge < -0.3 is 4.74 Å². The first kappa shape index (κ1) is 14.2. The van der Waals surface area contributed by atoms with Crippen LogP contribution < -0.4 is 4.74 Å². The molecule has 0 unspecified atom stereocenters. The summed E-state index contributed by atoms with van der Waals surface area (Å²) in [5.41, 5.74) is 1.49. The Bertz CT molecular complexity index is 754. The normalized spacial score (nSPS) is 11.1. The fraction of sp³-hybridized carbons (Fsp3) is 0.143. The van der Waals surface area contributed by atoms with Crippen molar-refractivity contribution in [1.29, 1.82) is 0 Å². The maximum atomic E-state index is 11.6. The number of rotatable bonds is 4. The Labute approximate surface area is 117 Å². The molecular formula is C14H13NO4S. The highest BCUT2D eigenvalue weighted by atomic mass is 32.2. The number of carbonyl (C=O) groups is 1. The molecule has 0 saturated carbocycles. The maximum absolute atomic E-state index is 11.6. The molecule has 0 radical (unpaired) electrons. The van der Waals surface area contributed by atoms with Crippen LogP contribution in [-0.4, -0.2) is 33.1 Å². The van der Waals surface area contributed by atoms with Crippen molar-refractivity contribution in [2.75, 3.05) is 13.4 Å². The molecule has 0 bridgehead atoms. The van der Waals surface area contributed by atoms with Gasteiger partial charge in [0, 0.05) is 12.5 Å². The van der Waals surface area contributed by atoms with Crippen LogP contribution in [0.15, 0.2) is 41.4 Å². The first-order valence-electron chi connectivity index (χ1n) is 5.76. The molecule has 0 spiro atoms. The molecule has 0 atom stereocenters. The number of sulfone groups is 1. The zero-order chi connectivity index (χ0) is 14.8. The van der Waals surface area contributed by atoms with Crippen LogP contribution in [0.25, 0.3) is 11.1 Å². The zero-order valence-electron chi connectivity index (χ0n) is 11.0. The fourth-order valence-electron chi connectivity index (χ4n) is 1.88. The van der Waals surface area contributed by atoms with E-state index >= 15 is 0 Å². The number of pyridine rings is 1. The van der Waals surface area contributed by atoms with Gasteiger partial charge in [-0.05, 0) is 29.3 Å². The van der Waals surface area contributed by atoms with E-state index in [0.29, 0.717) is 23.0 Å². The van der Waals surface area contributed by atoms with Gasteiger partial charge in [-0.15, -0.1) is 0 Å². The number of hydrogen-bond donors (Lipinski definition) is 0. The number of aromatic nitrogens is 1. The second kappa shape index (κ2) is 5.42. The quantitative estimate of drug-likeness (QED) is 0.805. The Morgan fingerprint density at radius 2 is 2.00 bits per heavy atom. The lowest BCUT2D eigenvalue weighted by Crippen LogP contribution is -1.99. The van der Waals surface area contributed by atoms with Gasteiger partial charge in [-0.3, -0.25) is 4.79 Å². The molecule has 0 saturated heterocycles. The van der Waals surface area contributed by atoms with Crippen LogP contribution in [0.2, 0.25) is 0 Å². The standard InChI is InChI=1S/C14H13NO4S/c1-19-14-13(9-16)12(6-7-15-14)10-4-3-5-11(8-10)20(2,17)18/h3-9H,1-2H3. The van der Waals surface area contributed by atoms with Crippen molar-refractivity contribution in [3.05, 3.63) is 42.1 Å². The number of aldehydes is 1. The largest absolute Gasteiger partial charge is 0.480 e. The molecule has 0 aliphatic rings. The third kappa shape index (κ3) is 2.70. The van der Waals surface area contributed by atoms with Gasteiger partial charge in [0.05, 0.1) is 17.6 Å². The average molecular weight is 291 g/mol. The lowest BCUT2D eigenvalue weighted by molar-refractivity contribution is 0.112. The van der Waals surface area contributed by atoms with Gasteiger partial charge in [-0.2, -0.15) is 0 Å². The number of benzene rings is 1. The van der Waals surface area contributed by atoms with Crippen LogP contribution >= 0.6 is 0 Å². The number of nitrogens with zero attached hydrogens (tertiary/aromatic N) is 1. The number of methoxy groups -OCH3 is 1. The Balaban J connectivity index is 2.66. The first-order chi connectivity index (χ1) is 9.47. The van der Waals surface area contributed by atoms with Gasteiger partial charge in [-0.25, -0.2) is 13.4 Å². The van der Waals surface area contributed by atoms with Crippen molar-refractivity contribution < 1.29 is 17.9 Å². The van der Waals surface area contributed by atoms with E-state index < -0.39 is 9.84 Å². The van der Waals surface area contributed by atoms with E-state index in [9.17, 15) is 13.2 Å². The number of ether oxygens (including phenoxy) is 1. The molecular weight excluding hydrogens is 278 g/mol. The lowest BCUT2D eigenvalue weighted by Gasteiger charge is -2.09. The second-order valence-corrected chi connectivity index (χ2v) is 6.22. The van der Waals surface area contributed by atoms with Crippen molar-refractivity contribution in [2.45, 2.75) is 4.90 Å². The van der Waals surface area contributed by atoms with E-state index in [-0.39, 0.29) is 10.8 Å². The fourth-order valence-corrected chi connectivity index (χ4v) is 2.54. The van der Waals surface area contributed by atoms with Crippen molar-refractivity contribution >= 4 is 16.1 Å². The predicted octanol–water partition coefficient (Wildman–Crippen LogP) is 1.97. The molecule has 1 aromatic carbocycles. The highest BCUT2D eigenvalue weighted by Crippen LogP contribution is 2.28. The van der Waals surface area contributed by atoms with Gasteiger partial charge in [0.15, 0.2) is 16.1 Å². The van der Waals surface area contributed by atoms with Gasteiger partial charge >= 0.3 is 0 Å². The molecule has 0 N–H and O–H groups in total. The Hall–Kier alpha value is -2.21. The summed E-state index contributed by atoms with van der Waals surface area (Å²) in [5, 5.41) is 0. The Morgan fingerprint density at radius 1 is 1.25 bits per heavy atom. The third-order valence-electron chi connectivity index (χ3n) is 2.84. The third-order valence-corrected chi connectivity index (χ3v) is 3.95. The number of carbonyl (C=O) groups excluding carboxylic acids is 1. The molecule has 1 aromatic heterocycles. The maximum Gasteiger partial charge on any atom is 0.224 e. The SMILES string of the molecule is COc1nccc(-c2cccc(S(C)(=O)=O)c2)c1C=O. The van der Waals surface area contributed by atoms with Crippen LogP contribution in [0, 0.1) is 0 Å².